The van der Waals surface area contributed by atoms with Crippen LogP contribution >= 0.6 is 11.3 Å². The van der Waals surface area contributed by atoms with Crippen molar-refractivity contribution in [2.45, 2.75) is 39.7 Å². The fourth-order valence-electron chi connectivity index (χ4n) is 1.95. The summed E-state index contributed by atoms with van der Waals surface area (Å²) >= 11 is 1.70. The van der Waals surface area contributed by atoms with Crippen LogP contribution in [0.15, 0.2) is 17.8 Å². The van der Waals surface area contributed by atoms with Gasteiger partial charge in [0.05, 0.1) is 5.69 Å². The molecule has 4 heteroatoms. The summed E-state index contributed by atoms with van der Waals surface area (Å²) in [6.07, 6.45) is 6.51. The molecule has 0 aromatic carbocycles. The number of aromatic nitrogens is 2. The minimum absolute atomic E-state index is 0.583. The van der Waals surface area contributed by atoms with Gasteiger partial charge in [-0.15, -0.1) is 11.3 Å². The smallest absolute Gasteiger partial charge is 0.193 e. The van der Waals surface area contributed by atoms with Crippen LogP contribution in [0.1, 0.15) is 32.9 Å². The summed E-state index contributed by atoms with van der Waals surface area (Å²) in [5.74, 6) is 0.686. The number of nitrogens with one attached hydrogen (secondary N) is 1. The van der Waals surface area contributed by atoms with E-state index in [0.29, 0.717) is 12.0 Å². The number of hydrogen-bond donors (Lipinski definition) is 1. The Morgan fingerprint density at radius 1 is 1.41 bits per heavy atom. The molecule has 2 rings (SSSR count). The third kappa shape index (κ3) is 3.54. The molecule has 1 N–H and O–H groups in total. The average Bonchev–Trinajstić information content (AvgIpc) is 2.76. The standard InChI is InChI=1S/C13H21N3S/c1-10(2)14-5-4-11(3)8-12-9-16-6-7-17-13(16)15-12/h6-7,9-11,14H,4-5,8H2,1-3H3. The predicted octanol–water partition coefficient (Wildman–Crippen LogP) is 2.96. The van der Waals surface area contributed by atoms with Gasteiger partial charge in [0, 0.05) is 23.8 Å². The summed E-state index contributed by atoms with van der Waals surface area (Å²) in [7, 11) is 0. The number of imidazole rings is 1. The quantitative estimate of drug-likeness (QED) is 0.855. The molecule has 0 spiro atoms. The van der Waals surface area contributed by atoms with Crippen molar-refractivity contribution in [3.05, 3.63) is 23.5 Å². The Balaban J connectivity index is 1.82. The second-order valence-corrected chi connectivity index (χ2v) is 5.90. The molecule has 0 fully saturated rings. The second kappa shape index (κ2) is 5.65. The number of nitrogens with zero attached hydrogens (tertiary/aromatic N) is 2. The number of hydrogen-bond acceptors (Lipinski definition) is 3. The van der Waals surface area contributed by atoms with Crippen molar-refractivity contribution in [2.75, 3.05) is 6.54 Å². The van der Waals surface area contributed by atoms with Crippen LogP contribution in [0, 0.1) is 5.92 Å². The normalized spacial score (nSPS) is 13.6. The van der Waals surface area contributed by atoms with Gasteiger partial charge in [0.15, 0.2) is 4.96 Å². The van der Waals surface area contributed by atoms with Gasteiger partial charge < -0.3 is 5.32 Å². The Kier molecular flexibility index (Phi) is 4.18. The molecule has 17 heavy (non-hydrogen) atoms. The van der Waals surface area contributed by atoms with E-state index in [9.17, 15) is 0 Å². The van der Waals surface area contributed by atoms with E-state index in [4.69, 9.17) is 0 Å². The van der Waals surface area contributed by atoms with Gasteiger partial charge in [0.25, 0.3) is 0 Å². The lowest BCUT2D eigenvalue weighted by Crippen LogP contribution is -2.25. The van der Waals surface area contributed by atoms with Gasteiger partial charge in [-0.05, 0) is 25.3 Å². The highest BCUT2D eigenvalue weighted by atomic mass is 32.1. The topological polar surface area (TPSA) is 29.3 Å². The summed E-state index contributed by atoms with van der Waals surface area (Å²) in [6.45, 7) is 7.78. The summed E-state index contributed by atoms with van der Waals surface area (Å²) in [6, 6.07) is 0.583. The molecule has 3 nitrogen and oxygen atoms in total. The molecule has 2 aromatic heterocycles. The third-order valence-electron chi connectivity index (χ3n) is 2.89. The van der Waals surface area contributed by atoms with Crippen molar-refractivity contribution < 1.29 is 0 Å². The van der Waals surface area contributed by atoms with Crippen LogP contribution < -0.4 is 5.32 Å². The lowest BCUT2D eigenvalue weighted by atomic mass is 10.0. The SMILES string of the molecule is CC(CCNC(C)C)Cc1cn2ccsc2n1. The predicted molar refractivity (Wildman–Crippen MR) is 73.7 cm³/mol. The molecule has 1 unspecified atom stereocenters. The van der Waals surface area contributed by atoms with Crippen molar-refractivity contribution >= 4 is 16.3 Å². The number of thiazole rings is 1. The molecule has 0 radical (unpaired) electrons. The van der Waals surface area contributed by atoms with E-state index in [1.54, 1.807) is 11.3 Å². The Hall–Kier alpha value is -0.870. The lowest BCUT2D eigenvalue weighted by molar-refractivity contribution is 0.473. The number of fused-ring (bicyclic) bond motifs is 1. The first-order valence-corrected chi connectivity index (χ1v) is 7.17. The second-order valence-electron chi connectivity index (χ2n) is 5.03. The Bertz CT molecular complexity index is 429. The van der Waals surface area contributed by atoms with Gasteiger partial charge in [-0.3, -0.25) is 4.40 Å². The number of rotatable bonds is 6. The largest absolute Gasteiger partial charge is 0.315 e. The van der Waals surface area contributed by atoms with E-state index in [2.05, 4.69) is 53.2 Å². The highest BCUT2D eigenvalue weighted by Gasteiger charge is 2.08. The monoisotopic (exact) mass is 251 g/mol. The molecule has 0 saturated carbocycles. The summed E-state index contributed by atoms with van der Waals surface area (Å²) in [5, 5.41) is 5.53. The molecule has 0 saturated heterocycles. The van der Waals surface area contributed by atoms with E-state index < -0.39 is 0 Å². The van der Waals surface area contributed by atoms with Crippen molar-refractivity contribution in [2.24, 2.45) is 5.92 Å². The van der Waals surface area contributed by atoms with Crippen LogP contribution in [0.3, 0.4) is 0 Å². The molecule has 94 valence electrons. The van der Waals surface area contributed by atoms with E-state index in [-0.39, 0.29) is 0 Å². The van der Waals surface area contributed by atoms with Crippen molar-refractivity contribution in [3.8, 4) is 0 Å². The highest BCUT2D eigenvalue weighted by molar-refractivity contribution is 7.15. The molecule has 0 amide bonds. The molecule has 0 aliphatic rings. The van der Waals surface area contributed by atoms with Gasteiger partial charge in [-0.2, -0.15) is 0 Å². The third-order valence-corrected chi connectivity index (χ3v) is 3.66. The van der Waals surface area contributed by atoms with E-state index in [0.717, 1.165) is 17.9 Å². The van der Waals surface area contributed by atoms with Gasteiger partial charge in [-0.25, -0.2) is 4.98 Å². The first-order valence-electron chi connectivity index (χ1n) is 6.29. The van der Waals surface area contributed by atoms with Gasteiger partial charge in [-0.1, -0.05) is 20.8 Å². The van der Waals surface area contributed by atoms with E-state index in [1.807, 2.05) is 0 Å². The summed E-state index contributed by atoms with van der Waals surface area (Å²) < 4.78 is 2.11. The van der Waals surface area contributed by atoms with Crippen LogP contribution in [0.4, 0.5) is 0 Å². The Morgan fingerprint density at radius 3 is 2.94 bits per heavy atom. The maximum absolute atomic E-state index is 4.62. The zero-order valence-electron chi connectivity index (χ0n) is 10.8. The molecule has 0 bridgehead atoms. The molecule has 0 aliphatic heterocycles. The van der Waals surface area contributed by atoms with Crippen molar-refractivity contribution in [3.63, 3.8) is 0 Å². The van der Waals surface area contributed by atoms with Crippen LogP contribution in [-0.2, 0) is 6.42 Å². The minimum Gasteiger partial charge on any atom is -0.315 e. The van der Waals surface area contributed by atoms with Gasteiger partial charge >= 0.3 is 0 Å². The molecule has 2 heterocycles. The molecule has 2 aromatic rings. The zero-order valence-corrected chi connectivity index (χ0v) is 11.6. The maximum Gasteiger partial charge on any atom is 0.193 e. The summed E-state index contributed by atoms with van der Waals surface area (Å²) in [5.41, 5.74) is 1.22. The zero-order chi connectivity index (χ0) is 12.3. The van der Waals surface area contributed by atoms with Crippen molar-refractivity contribution in [1.29, 1.82) is 0 Å². The first kappa shape index (κ1) is 12.6. The molecule has 1 atom stereocenters. The minimum atomic E-state index is 0.583. The lowest BCUT2D eigenvalue weighted by Gasteiger charge is -2.12. The Labute approximate surface area is 107 Å². The van der Waals surface area contributed by atoms with Crippen LogP contribution in [-0.4, -0.2) is 22.0 Å². The fourth-order valence-corrected chi connectivity index (χ4v) is 2.67. The average molecular weight is 251 g/mol. The molecule has 0 aliphatic carbocycles. The molecular weight excluding hydrogens is 230 g/mol. The van der Waals surface area contributed by atoms with E-state index >= 15 is 0 Å². The fraction of sp³-hybridized carbons (Fsp3) is 0.615. The summed E-state index contributed by atoms with van der Waals surface area (Å²) in [4.78, 5) is 5.72. The van der Waals surface area contributed by atoms with Gasteiger partial charge in [0.2, 0.25) is 0 Å². The van der Waals surface area contributed by atoms with Crippen molar-refractivity contribution in [1.82, 2.24) is 14.7 Å². The Morgan fingerprint density at radius 2 is 2.24 bits per heavy atom. The van der Waals surface area contributed by atoms with Crippen LogP contribution in [0.5, 0.6) is 0 Å². The van der Waals surface area contributed by atoms with Gasteiger partial charge in [0.1, 0.15) is 0 Å². The van der Waals surface area contributed by atoms with Crippen LogP contribution in [0.25, 0.3) is 4.96 Å². The van der Waals surface area contributed by atoms with Crippen LogP contribution in [0.2, 0.25) is 0 Å². The highest BCUT2D eigenvalue weighted by Crippen LogP contribution is 2.15. The molecular formula is C13H21N3S. The van der Waals surface area contributed by atoms with E-state index in [1.165, 1.54) is 12.1 Å². The maximum atomic E-state index is 4.62. The first-order chi connectivity index (χ1) is 8.15.